The molecule has 0 saturated heterocycles. The van der Waals surface area contributed by atoms with E-state index in [1.54, 1.807) is 18.2 Å². The lowest BCUT2D eigenvalue weighted by Gasteiger charge is -2.05. The normalized spacial score (nSPS) is 18.1. The number of nitrogens with two attached hydrogens (primary N) is 1. The van der Waals surface area contributed by atoms with Gasteiger partial charge < -0.3 is 5.73 Å². The van der Waals surface area contributed by atoms with Crippen molar-refractivity contribution in [2.24, 2.45) is 5.92 Å². The lowest BCUT2D eigenvalue weighted by atomic mass is 10.3. The first-order chi connectivity index (χ1) is 6.66. The van der Waals surface area contributed by atoms with Crippen LogP contribution in [0.25, 0.3) is 0 Å². The zero-order chi connectivity index (χ0) is 10.1. The van der Waals surface area contributed by atoms with Crippen molar-refractivity contribution in [3.63, 3.8) is 0 Å². The van der Waals surface area contributed by atoms with Crippen molar-refractivity contribution in [2.45, 2.75) is 17.7 Å². The highest BCUT2D eigenvalue weighted by atomic mass is 35.5. The third-order valence-electron chi connectivity index (χ3n) is 2.30. The van der Waals surface area contributed by atoms with Crippen molar-refractivity contribution in [1.82, 2.24) is 0 Å². The highest BCUT2D eigenvalue weighted by Gasteiger charge is 2.24. The molecule has 1 aromatic rings. The molecule has 1 fully saturated rings. The van der Waals surface area contributed by atoms with Gasteiger partial charge in [-0.15, -0.1) is 0 Å². The average Bonchev–Trinajstić information content (AvgIpc) is 2.87. The number of hydrogen-bond donors (Lipinski definition) is 1. The van der Waals surface area contributed by atoms with Crippen molar-refractivity contribution in [3.8, 4) is 0 Å². The van der Waals surface area contributed by atoms with E-state index >= 15 is 0 Å². The standard InChI is InChI=1S/C10H12ClNOS/c11-8-3-4-10(9(12)5-8)14(13)6-7-1-2-7/h3-5,7H,1-2,6,12H2. The molecular formula is C10H12ClNOS. The third kappa shape index (κ3) is 2.28. The highest BCUT2D eigenvalue weighted by molar-refractivity contribution is 7.85. The maximum atomic E-state index is 11.8. The summed E-state index contributed by atoms with van der Waals surface area (Å²) in [6.45, 7) is 0. The average molecular weight is 230 g/mol. The van der Waals surface area contributed by atoms with Gasteiger partial charge in [0.1, 0.15) is 0 Å². The maximum absolute atomic E-state index is 11.8. The molecule has 1 aromatic carbocycles. The van der Waals surface area contributed by atoms with Gasteiger partial charge in [0.15, 0.2) is 0 Å². The van der Waals surface area contributed by atoms with E-state index in [9.17, 15) is 4.21 Å². The number of benzene rings is 1. The lowest BCUT2D eigenvalue weighted by Crippen LogP contribution is -2.03. The van der Waals surface area contributed by atoms with E-state index in [0.29, 0.717) is 16.6 Å². The molecule has 4 heteroatoms. The van der Waals surface area contributed by atoms with Gasteiger partial charge in [-0.05, 0) is 37.0 Å². The van der Waals surface area contributed by atoms with E-state index in [2.05, 4.69) is 0 Å². The molecule has 2 N–H and O–H groups in total. The van der Waals surface area contributed by atoms with Crippen molar-refractivity contribution in [2.75, 3.05) is 11.5 Å². The molecule has 2 nitrogen and oxygen atoms in total. The maximum Gasteiger partial charge on any atom is 0.0618 e. The first kappa shape index (κ1) is 9.99. The Balaban J connectivity index is 2.17. The van der Waals surface area contributed by atoms with Gasteiger partial charge in [0.05, 0.1) is 15.7 Å². The molecule has 0 bridgehead atoms. The SMILES string of the molecule is Nc1cc(Cl)ccc1S(=O)CC1CC1. The van der Waals surface area contributed by atoms with Gasteiger partial charge in [-0.1, -0.05) is 11.6 Å². The molecule has 1 atom stereocenters. The second kappa shape index (κ2) is 3.91. The predicted octanol–water partition coefficient (Wildman–Crippen LogP) is 2.44. The van der Waals surface area contributed by atoms with Crippen molar-refractivity contribution >= 4 is 28.1 Å². The zero-order valence-corrected chi connectivity index (χ0v) is 9.27. The summed E-state index contributed by atoms with van der Waals surface area (Å²) in [6, 6.07) is 5.15. The largest absolute Gasteiger partial charge is 0.398 e. The van der Waals surface area contributed by atoms with Crippen LogP contribution in [0.3, 0.4) is 0 Å². The van der Waals surface area contributed by atoms with Crippen LogP contribution in [-0.4, -0.2) is 9.96 Å². The van der Waals surface area contributed by atoms with Crippen LogP contribution < -0.4 is 5.73 Å². The van der Waals surface area contributed by atoms with Crippen LogP contribution in [0.4, 0.5) is 5.69 Å². The van der Waals surface area contributed by atoms with Gasteiger partial charge in [0.25, 0.3) is 0 Å². The van der Waals surface area contributed by atoms with Crippen LogP contribution in [0.15, 0.2) is 23.1 Å². The molecule has 1 unspecified atom stereocenters. The number of hydrogen-bond acceptors (Lipinski definition) is 2. The minimum absolute atomic E-state index is 0.538. The van der Waals surface area contributed by atoms with E-state index in [-0.39, 0.29) is 0 Å². The van der Waals surface area contributed by atoms with Gasteiger partial charge in [-0.2, -0.15) is 0 Å². The molecule has 0 aromatic heterocycles. The summed E-state index contributed by atoms with van der Waals surface area (Å²) in [7, 11) is -0.955. The van der Waals surface area contributed by atoms with Crippen LogP contribution in [0.1, 0.15) is 12.8 Å². The molecule has 76 valence electrons. The smallest absolute Gasteiger partial charge is 0.0618 e. The van der Waals surface area contributed by atoms with Crippen molar-refractivity contribution in [3.05, 3.63) is 23.2 Å². The van der Waals surface area contributed by atoms with Crippen LogP contribution in [-0.2, 0) is 10.8 Å². The van der Waals surface area contributed by atoms with Crippen molar-refractivity contribution < 1.29 is 4.21 Å². The van der Waals surface area contributed by atoms with Crippen LogP contribution in [0.5, 0.6) is 0 Å². The summed E-state index contributed by atoms with van der Waals surface area (Å²) in [4.78, 5) is 0.723. The van der Waals surface area contributed by atoms with Gasteiger partial charge in [0, 0.05) is 16.5 Å². The lowest BCUT2D eigenvalue weighted by molar-refractivity contribution is 0.680. The Kier molecular flexibility index (Phi) is 2.79. The van der Waals surface area contributed by atoms with Gasteiger partial charge in [0.2, 0.25) is 0 Å². The second-order valence-electron chi connectivity index (χ2n) is 3.64. The topological polar surface area (TPSA) is 43.1 Å². The van der Waals surface area contributed by atoms with Gasteiger partial charge in [-0.3, -0.25) is 4.21 Å². The van der Waals surface area contributed by atoms with E-state index < -0.39 is 10.8 Å². The predicted molar refractivity (Wildman–Crippen MR) is 59.9 cm³/mol. The molecule has 1 aliphatic rings. The Labute approximate surface area is 90.9 Å². The Morgan fingerprint density at radius 3 is 2.79 bits per heavy atom. The quantitative estimate of drug-likeness (QED) is 0.810. The molecule has 0 heterocycles. The summed E-state index contributed by atoms with van der Waals surface area (Å²) in [6.07, 6.45) is 2.42. The third-order valence-corrected chi connectivity index (χ3v) is 4.17. The zero-order valence-electron chi connectivity index (χ0n) is 7.70. The summed E-state index contributed by atoms with van der Waals surface area (Å²) in [5.41, 5.74) is 6.28. The number of rotatable bonds is 3. The summed E-state index contributed by atoms with van der Waals surface area (Å²) < 4.78 is 11.8. The number of nitrogen functional groups attached to an aromatic ring is 1. The monoisotopic (exact) mass is 229 g/mol. The molecule has 0 spiro atoms. The molecule has 14 heavy (non-hydrogen) atoms. The van der Waals surface area contributed by atoms with Crippen LogP contribution in [0.2, 0.25) is 5.02 Å². The fourth-order valence-corrected chi connectivity index (χ4v) is 2.98. The summed E-state index contributed by atoms with van der Waals surface area (Å²) in [5, 5.41) is 0.592. The van der Waals surface area contributed by atoms with Crippen LogP contribution in [0, 0.1) is 5.92 Å². The first-order valence-electron chi connectivity index (χ1n) is 4.60. The molecule has 2 rings (SSSR count). The van der Waals surface area contributed by atoms with Crippen LogP contribution >= 0.6 is 11.6 Å². The minimum Gasteiger partial charge on any atom is -0.398 e. The molecule has 0 radical (unpaired) electrons. The Bertz CT molecular complexity index is 376. The molecule has 1 saturated carbocycles. The minimum atomic E-state index is -0.955. The second-order valence-corrected chi connectivity index (χ2v) is 5.54. The number of anilines is 1. The van der Waals surface area contributed by atoms with E-state index in [1.807, 2.05) is 0 Å². The van der Waals surface area contributed by atoms with Gasteiger partial charge >= 0.3 is 0 Å². The molecular weight excluding hydrogens is 218 g/mol. The van der Waals surface area contributed by atoms with E-state index in [0.717, 1.165) is 10.6 Å². The highest BCUT2D eigenvalue weighted by Crippen LogP contribution is 2.32. The number of halogens is 1. The molecule has 0 aliphatic heterocycles. The first-order valence-corrected chi connectivity index (χ1v) is 6.30. The fourth-order valence-electron chi connectivity index (χ4n) is 1.32. The van der Waals surface area contributed by atoms with Crippen molar-refractivity contribution in [1.29, 1.82) is 0 Å². The fraction of sp³-hybridized carbons (Fsp3) is 0.400. The molecule has 0 amide bonds. The van der Waals surface area contributed by atoms with E-state index in [4.69, 9.17) is 17.3 Å². The molecule has 1 aliphatic carbocycles. The Hall–Kier alpha value is -0.540. The van der Waals surface area contributed by atoms with E-state index in [1.165, 1.54) is 12.8 Å². The Morgan fingerprint density at radius 2 is 2.21 bits per heavy atom. The summed E-state index contributed by atoms with van der Waals surface area (Å²) >= 11 is 5.76. The van der Waals surface area contributed by atoms with Gasteiger partial charge in [-0.25, -0.2) is 0 Å². The Morgan fingerprint density at radius 1 is 1.50 bits per heavy atom. The summed E-state index contributed by atoms with van der Waals surface area (Å²) in [5.74, 6) is 1.39.